The third-order valence-corrected chi connectivity index (χ3v) is 3.16. The third-order valence-electron chi connectivity index (χ3n) is 2.82. The van der Waals surface area contributed by atoms with E-state index < -0.39 is 0 Å². The Morgan fingerprint density at radius 2 is 2.35 bits per heavy atom. The molecule has 0 saturated heterocycles. The molecule has 0 unspecified atom stereocenters. The lowest BCUT2D eigenvalue weighted by molar-refractivity contribution is 0.297. The number of nitrogens with one attached hydrogen (secondary N) is 1. The highest BCUT2D eigenvalue weighted by Crippen LogP contribution is 2.23. The van der Waals surface area contributed by atoms with Crippen LogP contribution in [0.5, 0.6) is 5.88 Å². The highest BCUT2D eigenvalue weighted by molar-refractivity contribution is 6.31. The van der Waals surface area contributed by atoms with Gasteiger partial charge in [-0.1, -0.05) is 24.9 Å². The van der Waals surface area contributed by atoms with E-state index in [4.69, 9.17) is 16.3 Å². The van der Waals surface area contributed by atoms with Crippen LogP contribution in [0.1, 0.15) is 38.2 Å². The maximum Gasteiger partial charge on any atom is 0.213 e. The lowest BCUT2D eigenvalue weighted by Gasteiger charge is -2.09. The van der Waals surface area contributed by atoms with Crippen LogP contribution in [0.2, 0.25) is 5.02 Å². The standard InChI is InChI=1S/C13H19ClN2O/c1-2-3-6-17-13-7-10(12(14)9-16-13)8-15-11-4-5-11/h7,9,11,15H,2-6,8H2,1H3. The number of pyridine rings is 1. The fraction of sp³-hybridized carbons (Fsp3) is 0.615. The number of hydrogen-bond acceptors (Lipinski definition) is 3. The molecule has 1 aliphatic carbocycles. The van der Waals surface area contributed by atoms with Crippen LogP contribution in [0, 0.1) is 0 Å². The second-order valence-corrected chi connectivity index (χ2v) is 4.88. The molecular formula is C13H19ClN2O. The van der Waals surface area contributed by atoms with Crippen LogP contribution in [-0.4, -0.2) is 17.6 Å². The number of ether oxygens (including phenoxy) is 1. The number of rotatable bonds is 7. The van der Waals surface area contributed by atoms with E-state index in [0.717, 1.165) is 31.6 Å². The molecule has 94 valence electrons. The van der Waals surface area contributed by atoms with Gasteiger partial charge in [0.1, 0.15) is 0 Å². The zero-order valence-electron chi connectivity index (χ0n) is 10.2. The molecule has 0 bridgehead atoms. The normalized spacial score (nSPS) is 14.9. The van der Waals surface area contributed by atoms with E-state index in [2.05, 4.69) is 17.2 Å². The Kier molecular flexibility index (Phi) is 4.63. The quantitative estimate of drug-likeness (QED) is 0.759. The summed E-state index contributed by atoms with van der Waals surface area (Å²) in [5.41, 5.74) is 1.07. The second-order valence-electron chi connectivity index (χ2n) is 4.47. The summed E-state index contributed by atoms with van der Waals surface area (Å²) >= 11 is 6.10. The summed E-state index contributed by atoms with van der Waals surface area (Å²) in [6, 6.07) is 2.62. The van der Waals surface area contributed by atoms with Gasteiger partial charge >= 0.3 is 0 Å². The summed E-state index contributed by atoms with van der Waals surface area (Å²) in [5, 5.41) is 4.15. The molecule has 2 rings (SSSR count). The number of hydrogen-bond donors (Lipinski definition) is 1. The Labute approximate surface area is 108 Å². The van der Waals surface area contributed by atoms with Crippen LogP contribution in [0.25, 0.3) is 0 Å². The van der Waals surface area contributed by atoms with Gasteiger partial charge in [-0.15, -0.1) is 0 Å². The van der Waals surface area contributed by atoms with Crippen LogP contribution in [0.4, 0.5) is 0 Å². The molecule has 0 atom stereocenters. The van der Waals surface area contributed by atoms with Crippen molar-refractivity contribution in [1.29, 1.82) is 0 Å². The highest BCUT2D eigenvalue weighted by Gasteiger charge is 2.20. The van der Waals surface area contributed by atoms with E-state index in [1.165, 1.54) is 12.8 Å². The van der Waals surface area contributed by atoms with E-state index >= 15 is 0 Å². The number of unbranched alkanes of at least 4 members (excludes halogenated alkanes) is 1. The molecule has 1 heterocycles. The van der Waals surface area contributed by atoms with Gasteiger partial charge < -0.3 is 10.1 Å². The van der Waals surface area contributed by atoms with Gasteiger partial charge in [0, 0.05) is 24.8 Å². The van der Waals surface area contributed by atoms with Gasteiger partial charge in [-0.05, 0) is 24.8 Å². The van der Waals surface area contributed by atoms with Crippen molar-refractivity contribution in [2.75, 3.05) is 6.61 Å². The Bertz CT molecular complexity index is 366. The van der Waals surface area contributed by atoms with Gasteiger partial charge in [0.05, 0.1) is 11.6 Å². The van der Waals surface area contributed by atoms with Crippen molar-refractivity contribution in [3.63, 3.8) is 0 Å². The number of halogens is 1. The van der Waals surface area contributed by atoms with E-state index in [9.17, 15) is 0 Å². The van der Waals surface area contributed by atoms with E-state index in [1.54, 1.807) is 6.20 Å². The SMILES string of the molecule is CCCCOc1cc(CNC2CC2)c(Cl)cn1. The molecule has 17 heavy (non-hydrogen) atoms. The smallest absolute Gasteiger partial charge is 0.213 e. The molecule has 0 spiro atoms. The Morgan fingerprint density at radius 1 is 1.53 bits per heavy atom. The molecule has 1 saturated carbocycles. The monoisotopic (exact) mass is 254 g/mol. The highest BCUT2D eigenvalue weighted by atomic mass is 35.5. The van der Waals surface area contributed by atoms with Crippen LogP contribution in [0.3, 0.4) is 0 Å². The van der Waals surface area contributed by atoms with Crippen LogP contribution < -0.4 is 10.1 Å². The van der Waals surface area contributed by atoms with Crippen LogP contribution in [0.15, 0.2) is 12.3 Å². The third kappa shape index (κ3) is 4.17. The molecule has 4 heteroatoms. The molecule has 1 aliphatic rings. The van der Waals surface area contributed by atoms with Gasteiger partial charge in [0.25, 0.3) is 0 Å². The summed E-state index contributed by atoms with van der Waals surface area (Å²) in [4.78, 5) is 4.17. The first kappa shape index (κ1) is 12.7. The average molecular weight is 255 g/mol. The molecule has 3 nitrogen and oxygen atoms in total. The topological polar surface area (TPSA) is 34.1 Å². The molecule has 0 radical (unpaired) electrons. The van der Waals surface area contributed by atoms with Crippen molar-refractivity contribution < 1.29 is 4.74 Å². The zero-order valence-corrected chi connectivity index (χ0v) is 11.0. The molecule has 1 fully saturated rings. The Balaban J connectivity index is 1.90. The molecule has 1 N–H and O–H groups in total. The summed E-state index contributed by atoms with van der Waals surface area (Å²) in [7, 11) is 0. The van der Waals surface area contributed by atoms with E-state index in [1.807, 2.05) is 6.07 Å². The molecule has 1 aromatic heterocycles. The Morgan fingerprint density at radius 3 is 3.06 bits per heavy atom. The summed E-state index contributed by atoms with van der Waals surface area (Å²) in [6.07, 6.45) is 6.42. The minimum atomic E-state index is 0.676. The summed E-state index contributed by atoms with van der Waals surface area (Å²) < 4.78 is 5.57. The van der Waals surface area contributed by atoms with Gasteiger partial charge in [-0.3, -0.25) is 0 Å². The maximum atomic E-state index is 6.10. The summed E-state index contributed by atoms with van der Waals surface area (Å²) in [6.45, 7) is 3.67. The minimum absolute atomic E-state index is 0.676. The Hall–Kier alpha value is -0.800. The van der Waals surface area contributed by atoms with E-state index in [-0.39, 0.29) is 0 Å². The fourth-order valence-electron chi connectivity index (χ4n) is 1.54. The van der Waals surface area contributed by atoms with Gasteiger partial charge in [-0.25, -0.2) is 4.98 Å². The first-order valence-electron chi connectivity index (χ1n) is 6.30. The van der Waals surface area contributed by atoms with Crippen molar-refractivity contribution in [3.05, 3.63) is 22.8 Å². The molecule has 0 aromatic carbocycles. The maximum absolute atomic E-state index is 6.10. The molecule has 0 amide bonds. The first-order valence-corrected chi connectivity index (χ1v) is 6.68. The van der Waals surface area contributed by atoms with Gasteiger partial charge in [0.2, 0.25) is 5.88 Å². The predicted molar refractivity (Wildman–Crippen MR) is 69.5 cm³/mol. The molecule has 1 aromatic rings. The average Bonchev–Trinajstić information content (AvgIpc) is 3.14. The van der Waals surface area contributed by atoms with Gasteiger partial charge in [-0.2, -0.15) is 0 Å². The van der Waals surface area contributed by atoms with Crippen molar-refractivity contribution in [1.82, 2.24) is 10.3 Å². The van der Waals surface area contributed by atoms with Gasteiger partial charge in [0.15, 0.2) is 0 Å². The molecular weight excluding hydrogens is 236 g/mol. The van der Waals surface area contributed by atoms with Crippen LogP contribution in [-0.2, 0) is 6.54 Å². The van der Waals surface area contributed by atoms with Crippen molar-refractivity contribution in [3.8, 4) is 5.88 Å². The molecule has 0 aliphatic heterocycles. The second kappa shape index (κ2) is 6.22. The van der Waals surface area contributed by atoms with E-state index in [0.29, 0.717) is 16.9 Å². The van der Waals surface area contributed by atoms with Crippen molar-refractivity contribution in [2.45, 2.75) is 45.2 Å². The van der Waals surface area contributed by atoms with Crippen LogP contribution >= 0.6 is 11.6 Å². The predicted octanol–water partition coefficient (Wildman–Crippen LogP) is 3.17. The lowest BCUT2D eigenvalue weighted by Crippen LogP contribution is -2.15. The minimum Gasteiger partial charge on any atom is -0.478 e. The summed E-state index contributed by atoms with van der Waals surface area (Å²) in [5.74, 6) is 0.676. The lowest BCUT2D eigenvalue weighted by atomic mass is 10.2. The number of nitrogens with zero attached hydrogens (tertiary/aromatic N) is 1. The van der Waals surface area contributed by atoms with Crippen molar-refractivity contribution in [2.24, 2.45) is 0 Å². The fourth-order valence-corrected chi connectivity index (χ4v) is 1.71. The van der Waals surface area contributed by atoms with Crippen molar-refractivity contribution >= 4 is 11.6 Å². The first-order chi connectivity index (χ1) is 8.29. The number of aromatic nitrogens is 1. The largest absolute Gasteiger partial charge is 0.478 e. The zero-order chi connectivity index (χ0) is 12.1.